The maximum Gasteiger partial charge on any atom is 0.252 e. The van der Waals surface area contributed by atoms with Crippen LogP contribution in [0.2, 0.25) is 0 Å². The predicted molar refractivity (Wildman–Crippen MR) is 147 cm³/mol. The molecule has 2 heterocycles. The number of aryl methyl sites for hydroxylation is 4. The third kappa shape index (κ3) is 5.67. The molecule has 0 amide bonds. The van der Waals surface area contributed by atoms with Crippen molar-refractivity contribution in [2.24, 2.45) is 0 Å². The second-order valence-electron chi connectivity index (χ2n) is 10.6. The van der Waals surface area contributed by atoms with Crippen molar-refractivity contribution < 1.29 is 0 Å². The SMILES string of the molecule is CCC[C@@H](c1nnnn1CCc1ccccc1)N(Cc1cc2cc(C)cc(C)c2[nH]c1=O)C1CCCC1. The van der Waals surface area contributed by atoms with Crippen molar-refractivity contribution in [1.82, 2.24) is 30.1 Å². The van der Waals surface area contributed by atoms with Crippen LogP contribution in [-0.4, -0.2) is 36.1 Å². The van der Waals surface area contributed by atoms with E-state index in [1.54, 1.807) is 0 Å². The highest BCUT2D eigenvalue weighted by Crippen LogP contribution is 2.34. The van der Waals surface area contributed by atoms with Crippen LogP contribution < -0.4 is 5.56 Å². The molecule has 0 spiro atoms. The molecule has 1 N–H and O–H groups in total. The molecule has 4 aromatic rings. The summed E-state index contributed by atoms with van der Waals surface area (Å²) in [5.74, 6) is 0.911. The Labute approximate surface area is 218 Å². The van der Waals surface area contributed by atoms with Crippen LogP contribution in [0.25, 0.3) is 10.9 Å². The van der Waals surface area contributed by atoms with Crippen LogP contribution in [0, 0.1) is 13.8 Å². The third-order valence-corrected chi connectivity index (χ3v) is 7.79. The van der Waals surface area contributed by atoms with E-state index in [-0.39, 0.29) is 11.6 Å². The molecule has 194 valence electrons. The van der Waals surface area contributed by atoms with E-state index in [4.69, 9.17) is 0 Å². The first-order valence-electron chi connectivity index (χ1n) is 13.7. The Bertz CT molecular complexity index is 1390. The van der Waals surface area contributed by atoms with Crippen molar-refractivity contribution in [3.8, 4) is 0 Å². The van der Waals surface area contributed by atoms with Crippen LogP contribution in [0.1, 0.15) is 79.6 Å². The Kier molecular flexibility index (Phi) is 7.79. The van der Waals surface area contributed by atoms with Gasteiger partial charge in [-0.3, -0.25) is 9.69 Å². The molecule has 0 bridgehead atoms. The van der Waals surface area contributed by atoms with Gasteiger partial charge >= 0.3 is 0 Å². The lowest BCUT2D eigenvalue weighted by molar-refractivity contribution is 0.108. The van der Waals surface area contributed by atoms with Crippen molar-refractivity contribution in [2.45, 2.75) is 90.9 Å². The Morgan fingerprint density at radius 3 is 2.65 bits per heavy atom. The second-order valence-corrected chi connectivity index (χ2v) is 10.6. The van der Waals surface area contributed by atoms with Gasteiger partial charge in [-0.05, 0) is 78.6 Å². The van der Waals surface area contributed by atoms with Crippen LogP contribution in [0.3, 0.4) is 0 Å². The van der Waals surface area contributed by atoms with Crippen molar-refractivity contribution in [3.05, 3.63) is 87.0 Å². The molecule has 37 heavy (non-hydrogen) atoms. The first-order chi connectivity index (χ1) is 18.0. The largest absolute Gasteiger partial charge is 0.321 e. The highest BCUT2D eigenvalue weighted by molar-refractivity contribution is 5.82. The monoisotopic (exact) mass is 498 g/mol. The normalized spacial score (nSPS) is 15.1. The summed E-state index contributed by atoms with van der Waals surface area (Å²) < 4.78 is 1.98. The lowest BCUT2D eigenvalue weighted by Crippen LogP contribution is -2.39. The molecular weight excluding hydrogens is 460 g/mol. The lowest BCUT2D eigenvalue weighted by Gasteiger charge is -2.35. The number of pyridine rings is 1. The molecule has 2 aromatic carbocycles. The number of tetrazole rings is 1. The number of hydrogen-bond donors (Lipinski definition) is 1. The maximum atomic E-state index is 13.3. The fraction of sp³-hybridized carbons (Fsp3) is 0.467. The van der Waals surface area contributed by atoms with Gasteiger partial charge in [0, 0.05) is 24.7 Å². The van der Waals surface area contributed by atoms with E-state index in [0.717, 1.165) is 66.5 Å². The van der Waals surface area contributed by atoms with E-state index in [9.17, 15) is 4.79 Å². The number of H-pyrrole nitrogens is 1. The van der Waals surface area contributed by atoms with Gasteiger partial charge in [-0.1, -0.05) is 68.1 Å². The minimum atomic E-state index is 0.00127. The number of aromatic amines is 1. The number of hydrogen-bond acceptors (Lipinski definition) is 5. The lowest BCUT2D eigenvalue weighted by atomic mass is 10.0. The summed E-state index contributed by atoms with van der Waals surface area (Å²) in [6, 6.07) is 17.3. The van der Waals surface area contributed by atoms with Gasteiger partial charge in [0.1, 0.15) is 0 Å². The summed E-state index contributed by atoms with van der Waals surface area (Å²) in [5, 5.41) is 14.1. The molecule has 0 saturated heterocycles. The van der Waals surface area contributed by atoms with E-state index >= 15 is 0 Å². The van der Waals surface area contributed by atoms with E-state index in [1.165, 1.54) is 24.0 Å². The van der Waals surface area contributed by atoms with Crippen molar-refractivity contribution in [1.29, 1.82) is 0 Å². The molecule has 1 saturated carbocycles. The number of nitrogens with zero attached hydrogens (tertiary/aromatic N) is 5. The standard InChI is InChI=1S/C30H38N6O/c1-4-10-27(29-32-33-34-36(29)16-15-23-11-6-5-7-12-23)35(26-13-8-9-14-26)20-25-19-24-18-21(2)17-22(3)28(24)31-30(25)37/h5-7,11-12,17-19,26-27H,4,8-10,13-16,20H2,1-3H3,(H,31,37)/t27-/m0/s1. The van der Waals surface area contributed by atoms with Crippen molar-refractivity contribution in [3.63, 3.8) is 0 Å². The molecule has 1 aliphatic rings. The summed E-state index contributed by atoms with van der Waals surface area (Å²) in [7, 11) is 0. The summed E-state index contributed by atoms with van der Waals surface area (Å²) in [6.45, 7) is 7.71. The smallest absolute Gasteiger partial charge is 0.252 e. The highest BCUT2D eigenvalue weighted by Gasteiger charge is 2.33. The molecule has 1 atom stereocenters. The molecule has 7 heteroatoms. The second kappa shape index (κ2) is 11.4. The van der Waals surface area contributed by atoms with E-state index in [2.05, 4.69) is 88.6 Å². The van der Waals surface area contributed by atoms with E-state index in [1.807, 2.05) is 10.7 Å². The Morgan fingerprint density at radius 2 is 1.89 bits per heavy atom. The molecule has 5 rings (SSSR count). The van der Waals surface area contributed by atoms with Gasteiger partial charge in [-0.15, -0.1) is 5.10 Å². The summed E-state index contributed by atoms with van der Waals surface area (Å²) >= 11 is 0. The van der Waals surface area contributed by atoms with Gasteiger partial charge in [-0.2, -0.15) is 0 Å². The van der Waals surface area contributed by atoms with Gasteiger partial charge < -0.3 is 4.98 Å². The Hall–Kier alpha value is -3.32. The third-order valence-electron chi connectivity index (χ3n) is 7.79. The minimum Gasteiger partial charge on any atom is -0.321 e. The quantitative estimate of drug-likeness (QED) is 0.305. The maximum absolute atomic E-state index is 13.3. The zero-order valence-electron chi connectivity index (χ0n) is 22.3. The van der Waals surface area contributed by atoms with Gasteiger partial charge in [0.25, 0.3) is 5.56 Å². The summed E-state index contributed by atoms with van der Waals surface area (Å²) in [4.78, 5) is 19.0. The Morgan fingerprint density at radius 1 is 1.11 bits per heavy atom. The molecule has 0 aliphatic heterocycles. The van der Waals surface area contributed by atoms with E-state index < -0.39 is 0 Å². The fourth-order valence-corrected chi connectivity index (χ4v) is 5.98. The number of benzene rings is 2. The van der Waals surface area contributed by atoms with E-state index in [0.29, 0.717) is 12.6 Å². The molecule has 0 unspecified atom stereocenters. The van der Waals surface area contributed by atoms with Crippen LogP contribution in [0.5, 0.6) is 0 Å². The van der Waals surface area contributed by atoms with Gasteiger partial charge in [-0.25, -0.2) is 4.68 Å². The fourth-order valence-electron chi connectivity index (χ4n) is 5.98. The zero-order chi connectivity index (χ0) is 25.8. The van der Waals surface area contributed by atoms with Crippen molar-refractivity contribution >= 4 is 10.9 Å². The molecule has 7 nitrogen and oxygen atoms in total. The first kappa shape index (κ1) is 25.3. The average molecular weight is 499 g/mol. The zero-order valence-corrected chi connectivity index (χ0v) is 22.3. The highest BCUT2D eigenvalue weighted by atomic mass is 16.1. The van der Waals surface area contributed by atoms with Crippen LogP contribution >= 0.6 is 0 Å². The van der Waals surface area contributed by atoms with Gasteiger partial charge in [0.05, 0.1) is 11.6 Å². The summed E-state index contributed by atoms with van der Waals surface area (Å²) in [5.41, 5.74) is 5.33. The number of aromatic nitrogens is 5. The Balaban J connectivity index is 1.48. The minimum absolute atomic E-state index is 0.00127. The predicted octanol–water partition coefficient (Wildman–Crippen LogP) is 5.66. The van der Waals surface area contributed by atoms with Crippen molar-refractivity contribution in [2.75, 3.05) is 0 Å². The molecule has 0 radical (unpaired) electrons. The number of fused-ring (bicyclic) bond motifs is 1. The van der Waals surface area contributed by atoms with Crippen LogP contribution in [-0.2, 0) is 19.5 Å². The number of rotatable bonds is 10. The van der Waals surface area contributed by atoms with Crippen LogP contribution in [0.4, 0.5) is 0 Å². The molecule has 2 aromatic heterocycles. The average Bonchev–Trinajstić information content (AvgIpc) is 3.59. The molecular formula is C30H38N6O. The van der Waals surface area contributed by atoms with Gasteiger partial charge in [0.15, 0.2) is 5.82 Å². The number of nitrogens with one attached hydrogen (secondary N) is 1. The molecule has 1 fully saturated rings. The van der Waals surface area contributed by atoms with Crippen LogP contribution in [0.15, 0.2) is 53.3 Å². The molecule has 1 aliphatic carbocycles. The summed E-state index contributed by atoms with van der Waals surface area (Å²) in [6.07, 6.45) is 7.60. The topological polar surface area (TPSA) is 79.7 Å². The van der Waals surface area contributed by atoms with Gasteiger partial charge in [0.2, 0.25) is 0 Å². The first-order valence-corrected chi connectivity index (χ1v) is 13.7.